The van der Waals surface area contributed by atoms with Crippen LogP contribution >= 0.6 is 0 Å². The molecule has 2 aromatic rings. The fourth-order valence-electron chi connectivity index (χ4n) is 2.13. The van der Waals surface area contributed by atoms with E-state index >= 15 is 0 Å². The number of hydrogen-bond donors (Lipinski definition) is 0. The number of esters is 1. The first kappa shape index (κ1) is 14.3. The smallest absolute Gasteiger partial charge is 0.318 e. The predicted molar refractivity (Wildman–Crippen MR) is 81.0 cm³/mol. The standard InChI is InChI=1S/C18H20O2/c1-4-17(15-9-5-13(2)6-10-15)18(19)20-16-11-7-14(3)8-12-16/h5-12,17H,4H2,1-3H3. The van der Waals surface area contributed by atoms with E-state index in [2.05, 4.69) is 0 Å². The number of rotatable bonds is 4. The van der Waals surface area contributed by atoms with E-state index in [4.69, 9.17) is 4.74 Å². The van der Waals surface area contributed by atoms with Gasteiger partial charge in [-0.1, -0.05) is 54.4 Å². The van der Waals surface area contributed by atoms with E-state index in [1.54, 1.807) is 0 Å². The summed E-state index contributed by atoms with van der Waals surface area (Å²) in [6.07, 6.45) is 0.730. The molecular weight excluding hydrogens is 248 g/mol. The third kappa shape index (κ3) is 3.47. The van der Waals surface area contributed by atoms with Crippen molar-refractivity contribution in [2.24, 2.45) is 0 Å². The molecule has 0 aromatic heterocycles. The van der Waals surface area contributed by atoms with E-state index in [9.17, 15) is 4.79 Å². The number of aryl methyl sites for hydroxylation is 2. The van der Waals surface area contributed by atoms with Gasteiger partial charge in [-0.05, 0) is 38.0 Å². The maximum Gasteiger partial charge on any atom is 0.318 e. The lowest BCUT2D eigenvalue weighted by Gasteiger charge is -2.14. The summed E-state index contributed by atoms with van der Waals surface area (Å²) in [5.41, 5.74) is 3.35. The summed E-state index contributed by atoms with van der Waals surface area (Å²) in [7, 11) is 0. The molecule has 0 aliphatic carbocycles. The Kier molecular flexibility index (Phi) is 4.57. The van der Waals surface area contributed by atoms with Crippen molar-refractivity contribution >= 4 is 5.97 Å². The first-order valence-corrected chi connectivity index (χ1v) is 6.95. The monoisotopic (exact) mass is 268 g/mol. The van der Waals surface area contributed by atoms with Crippen molar-refractivity contribution in [2.75, 3.05) is 0 Å². The Morgan fingerprint density at radius 2 is 1.45 bits per heavy atom. The highest BCUT2D eigenvalue weighted by Crippen LogP contribution is 2.23. The molecule has 0 aliphatic rings. The zero-order chi connectivity index (χ0) is 14.5. The summed E-state index contributed by atoms with van der Waals surface area (Å²) in [4.78, 5) is 12.3. The molecule has 0 heterocycles. The van der Waals surface area contributed by atoms with Gasteiger partial charge in [0.15, 0.2) is 0 Å². The highest BCUT2D eigenvalue weighted by molar-refractivity contribution is 5.80. The summed E-state index contributed by atoms with van der Waals surface area (Å²) in [5, 5.41) is 0. The van der Waals surface area contributed by atoms with Gasteiger partial charge in [0.25, 0.3) is 0 Å². The van der Waals surface area contributed by atoms with Crippen LogP contribution in [0.15, 0.2) is 48.5 Å². The molecule has 0 radical (unpaired) electrons. The van der Waals surface area contributed by atoms with Crippen molar-refractivity contribution < 1.29 is 9.53 Å². The van der Waals surface area contributed by atoms with Gasteiger partial charge in [0.05, 0.1) is 5.92 Å². The largest absolute Gasteiger partial charge is 0.426 e. The fourth-order valence-corrected chi connectivity index (χ4v) is 2.13. The summed E-state index contributed by atoms with van der Waals surface area (Å²) in [6, 6.07) is 15.6. The summed E-state index contributed by atoms with van der Waals surface area (Å²) < 4.78 is 5.47. The van der Waals surface area contributed by atoms with Gasteiger partial charge < -0.3 is 4.74 Å². The zero-order valence-corrected chi connectivity index (χ0v) is 12.2. The molecular formula is C18H20O2. The van der Waals surface area contributed by atoms with E-state index in [1.807, 2.05) is 69.3 Å². The molecule has 0 N–H and O–H groups in total. The minimum atomic E-state index is -0.211. The van der Waals surface area contributed by atoms with Gasteiger partial charge in [0.2, 0.25) is 0 Å². The number of carbonyl (C=O) groups is 1. The molecule has 2 rings (SSSR count). The molecule has 2 nitrogen and oxygen atoms in total. The Hall–Kier alpha value is -2.09. The van der Waals surface area contributed by atoms with Crippen molar-refractivity contribution in [3.8, 4) is 5.75 Å². The highest BCUT2D eigenvalue weighted by Gasteiger charge is 2.20. The first-order chi connectivity index (χ1) is 9.60. The summed E-state index contributed by atoms with van der Waals surface area (Å²) in [6.45, 7) is 6.04. The molecule has 0 amide bonds. The van der Waals surface area contributed by atoms with Crippen LogP contribution in [0.25, 0.3) is 0 Å². The number of hydrogen-bond acceptors (Lipinski definition) is 2. The van der Waals surface area contributed by atoms with E-state index in [-0.39, 0.29) is 11.9 Å². The van der Waals surface area contributed by atoms with Crippen LogP contribution in [0.3, 0.4) is 0 Å². The third-order valence-electron chi connectivity index (χ3n) is 3.41. The van der Waals surface area contributed by atoms with Crippen molar-refractivity contribution in [3.05, 3.63) is 65.2 Å². The van der Waals surface area contributed by atoms with E-state index in [0.717, 1.165) is 17.5 Å². The maximum atomic E-state index is 12.3. The van der Waals surface area contributed by atoms with Crippen LogP contribution < -0.4 is 4.74 Å². The molecule has 0 spiro atoms. The molecule has 1 unspecified atom stereocenters. The molecule has 0 saturated carbocycles. The van der Waals surface area contributed by atoms with Gasteiger partial charge in [-0.25, -0.2) is 0 Å². The third-order valence-corrected chi connectivity index (χ3v) is 3.41. The molecule has 20 heavy (non-hydrogen) atoms. The average molecular weight is 268 g/mol. The van der Waals surface area contributed by atoms with Crippen LogP contribution in [-0.4, -0.2) is 5.97 Å². The molecule has 0 aliphatic heterocycles. The van der Waals surface area contributed by atoms with Gasteiger partial charge in [-0.2, -0.15) is 0 Å². The Morgan fingerprint density at radius 3 is 1.95 bits per heavy atom. The zero-order valence-electron chi connectivity index (χ0n) is 12.2. The van der Waals surface area contributed by atoms with Crippen LogP contribution in [-0.2, 0) is 4.79 Å². The number of benzene rings is 2. The quantitative estimate of drug-likeness (QED) is 0.606. The average Bonchev–Trinajstić information content (AvgIpc) is 2.44. The van der Waals surface area contributed by atoms with Crippen LogP contribution in [0.4, 0.5) is 0 Å². The summed E-state index contributed by atoms with van der Waals surface area (Å²) >= 11 is 0. The van der Waals surface area contributed by atoms with E-state index < -0.39 is 0 Å². The predicted octanol–water partition coefficient (Wildman–Crippen LogP) is 4.40. The van der Waals surface area contributed by atoms with Gasteiger partial charge >= 0.3 is 5.97 Å². The SMILES string of the molecule is CCC(C(=O)Oc1ccc(C)cc1)c1ccc(C)cc1. The minimum absolute atomic E-state index is 0.194. The topological polar surface area (TPSA) is 26.3 Å². The number of ether oxygens (including phenoxy) is 1. The van der Waals surface area contributed by atoms with E-state index in [1.165, 1.54) is 5.56 Å². The van der Waals surface area contributed by atoms with Crippen LogP contribution in [0, 0.1) is 13.8 Å². The lowest BCUT2D eigenvalue weighted by molar-refractivity contribution is -0.136. The lowest BCUT2D eigenvalue weighted by Crippen LogP contribution is -2.18. The normalized spacial score (nSPS) is 11.9. The number of carbonyl (C=O) groups excluding carboxylic acids is 1. The second-order valence-corrected chi connectivity index (χ2v) is 5.11. The van der Waals surface area contributed by atoms with Crippen LogP contribution in [0.5, 0.6) is 5.75 Å². The Labute approximate surface area is 120 Å². The van der Waals surface area contributed by atoms with Crippen LogP contribution in [0.1, 0.15) is 36.0 Å². The Morgan fingerprint density at radius 1 is 0.950 bits per heavy atom. The van der Waals surface area contributed by atoms with Gasteiger partial charge in [-0.3, -0.25) is 4.79 Å². The molecule has 2 heteroatoms. The Bertz CT molecular complexity index is 567. The molecule has 104 valence electrons. The maximum absolute atomic E-state index is 12.3. The minimum Gasteiger partial charge on any atom is -0.426 e. The van der Waals surface area contributed by atoms with Crippen molar-refractivity contribution in [2.45, 2.75) is 33.1 Å². The first-order valence-electron chi connectivity index (χ1n) is 6.95. The lowest BCUT2D eigenvalue weighted by atomic mass is 9.96. The molecule has 1 atom stereocenters. The fraction of sp³-hybridized carbons (Fsp3) is 0.278. The molecule has 0 fully saturated rings. The van der Waals surface area contributed by atoms with Gasteiger partial charge in [0.1, 0.15) is 5.75 Å². The van der Waals surface area contributed by atoms with Gasteiger partial charge in [0, 0.05) is 0 Å². The van der Waals surface area contributed by atoms with Crippen molar-refractivity contribution in [1.82, 2.24) is 0 Å². The summed E-state index contributed by atoms with van der Waals surface area (Å²) in [5.74, 6) is 0.197. The van der Waals surface area contributed by atoms with E-state index in [0.29, 0.717) is 5.75 Å². The molecule has 2 aromatic carbocycles. The highest BCUT2D eigenvalue weighted by atomic mass is 16.5. The Balaban J connectivity index is 2.13. The second-order valence-electron chi connectivity index (χ2n) is 5.11. The van der Waals surface area contributed by atoms with Crippen molar-refractivity contribution in [3.63, 3.8) is 0 Å². The second kappa shape index (κ2) is 6.38. The van der Waals surface area contributed by atoms with Crippen LogP contribution in [0.2, 0.25) is 0 Å². The van der Waals surface area contributed by atoms with Crippen molar-refractivity contribution in [1.29, 1.82) is 0 Å². The molecule has 0 bridgehead atoms. The van der Waals surface area contributed by atoms with Gasteiger partial charge in [-0.15, -0.1) is 0 Å². The molecule has 0 saturated heterocycles.